The Morgan fingerprint density at radius 2 is 2.36 bits per heavy atom. The average molecular weight is 193 g/mol. The predicted octanol–water partition coefficient (Wildman–Crippen LogP) is 1.13. The Balaban J connectivity index is 2.56. The van der Waals surface area contributed by atoms with Crippen LogP contribution in [0.25, 0.3) is 0 Å². The molecule has 3 heteroatoms. The summed E-state index contributed by atoms with van der Waals surface area (Å²) in [7, 11) is 1.66. The minimum Gasteiger partial charge on any atom is -0.496 e. The second-order valence-corrected chi connectivity index (χ2v) is 3.62. The Morgan fingerprint density at radius 3 is 3.00 bits per heavy atom. The second kappa shape index (κ2) is 3.59. The summed E-state index contributed by atoms with van der Waals surface area (Å²) in [5, 5.41) is 9.19. The molecule has 1 aromatic rings. The minimum absolute atomic E-state index is 0.0556. The standard InChI is InChI=1S/C11H15NO2/c1-14-10-5-2-7(6-13)11-8(10)3-4-9(11)12/h2,5,9,13H,3-4,6,12H2,1H3. The molecule has 0 radical (unpaired) electrons. The normalized spacial score (nSPS) is 19.5. The average Bonchev–Trinajstić information content (AvgIpc) is 2.60. The molecular weight excluding hydrogens is 178 g/mol. The number of hydrogen-bond donors (Lipinski definition) is 2. The van der Waals surface area contributed by atoms with E-state index in [1.54, 1.807) is 7.11 Å². The third kappa shape index (κ3) is 1.29. The highest BCUT2D eigenvalue weighted by Gasteiger charge is 2.24. The number of aliphatic hydroxyl groups is 1. The Bertz CT molecular complexity index is 349. The SMILES string of the molecule is COc1ccc(CO)c2c1CCC2N. The maximum absolute atomic E-state index is 9.19. The van der Waals surface area contributed by atoms with Crippen molar-refractivity contribution in [3.63, 3.8) is 0 Å². The van der Waals surface area contributed by atoms with Crippen molar-refractivity contribution in [2.24, 2.45) is 5.73 Å². The highest BCUT2D eigenvalue weighted by atomic mass is 16.5. The van der Waals surface area contributed by atoms with Crippen molar-refractivity contribution in [2.45, 2.75) is 25.5 Å². The molecule has 0 saturated heterocycles. The molecule has 0 heterocycles. The monoisotopic (exact) mass is 193 g/mol. The zero-order valence-electron chi connectivity index (χ0n) is 8.29. The largest absolute Gasteiger partial charge is 0.496 e. The van der Waals surface area contributed by atoms with Gasteiger partial charge in [0.1, 0.15) is 5.75 Å². The van der Waals surface area contributed by atoms with Crippen molar-refractivity contribution in [3.8, 4) is 5.75 Å². The van der Waals surface area contributed by atoms with Gasteiger partial charge in [0.15, 0.2) is 0 Å². The zero-order valence-corrected chi connectivity index (χ0v) is 8.29. The molecule has 14 heavy (non-hydrogen) atoms. The summed E-state index contributed by atoms with van der Waals surface area (Å²) >= 11 is 0. The van der Waals surface area contributed by atoms with Crippen LogP contribution < -0.4 is 10.5 Å². The fourth-order valence-electron chi connectivity index (χ4n) is 2.19. The van der Waals surface area contributed by atoms with E-state index < -0.39 is 0 Å². The van der Waals surface area contributed by atoms with Gasteiger partial charge >= 0.3 is 0 Å². The molecule has 0 spiro atoms. The van der Waals surface area contributed by atoms with Crippen LogP contribution >= 0.6 is 0 Å². The topological polar surface area (TPSA) is 55.5 Å². The number of fused-ring (bicyclic) bond motifs is 1. The molecule has 1 aromatic carbocycles. The molecule has 0 amide bonds. The molecule has 0 fully saturated rings. The molecule has 0 aliphatic heterocycles. The van der Waals surface area contributed by atoms with E-state index in [4.69, 9.17) is 10.5 Å². The summed E-state index contributed by atoms with van der Waals surface area (Å²) in [4.78, 5) is 0. The molecule has 1 aliphatic carbocycles. The van der Waals surface area contributed by atoms with Gasteiger partial charge in [-0.1, -0.05) is 6.07 Å². The molecule has 0 aromatic heterocycles. The molecule has 3 nitrogen and oxygen atoms in total. The van der Waals surface area contributed by atoms with Crippen LogP contribution in [0.1, 0.15) is 29.2 Å². The third-order valence-electron chi connectivity index (χ3n) is 2.87. The van der Waals surface area contributed by atoms with Gasteiger partial charge in [-0.25, -0.2) is 0 Å². The third-order valence-corrected chi connectivity index (χ3v) is 2.87. The number of nitrogens with two attached hydrogens (primary N) is 1. The number of benzene rings is 1. The lowest BCUT2D eigenvalue weighted by molar-refractivity contribution is 0.280. The van der Waals surface area contributed by atoms with E-state index in [0.29, 0.717) is 0 Å². The lowest BCUT2D eigenvalue weighted by Crippen LogP contribution is -2.08. The summed E-state index contributed by atoms with van der Waals surface area (Å²) in [5.74, 6) is 0.894. The summed E-state index contributed by atoms with van der Waals surface area (Å²) in [6.07, 6.45) is 1.90. The fourth-order valence-corrected chi connectivity index (χ4v) is 2.19. The van der Waals surface area contributed by atoms with E-state index in [0.717, 1.165) is 29.7 Å². The van der Waals surface area contributed by atoms with Crippen molar-refractivity contribution in [2.75, 3.05) is 7.11 Å². The van der Waals surface area contributed by atoms with Crippen molar-refractivity contribution < 1.29 is 9.84 Å². The molecule has 1 unspecified atom stereocenters. The van der Waals surface area contributed by atoms with Crippen molar-refractivity contribution >= 4 is 0 Å². The molecule has 0 saturated carbocycles. The Kier molecular flexibility index (Phi) is 2.44. The van der Waals surface area contributed by atoms with Gasteiger partial charge in [-0.3, -0.25) is 0 Å². The van der Waals surface area contributed by atoms with E-state index in [1.165, 1.54) is 5.56 Å². The van der Waals surface area contributed by atoms with Gasteiger partial charge in [0.25, 0.3) is 0 Å². The molecule has 0 bridgehead atoms. The molecule has 1 aliphatic rings. The lowest BCUT2D eigenvalue weighted by atomic mass is 10.0. The molecule has 3 N–H and O–H groups in total. The number of ether oxygens (including phenoxy) is 1. The first-order chi connectivity index (χ1) is 6.77. The van der Waals surface area contributed by atoms with Crippen LogP contribution in [-0.2, 0) is 13.0 Å². The highest BCUT2D eigenvalue weighted by Crippen LogP contribution is 2.37. The summed E-state index contributed by atoms with van der Waals surface area (Å²) in [6.45, 7) is 0.0556. The first-order valence-electron chi connectivity index (χ1n) is 4.83. The van der Waals surface area contributed by atoms with E-state index in [1.807, 2.05) is 12.1 Å². The predicted molar refractivity (Wildman–Crippen MR) is 54.2 cm³/mol. The first kappa shape index (κ1) is 9.49. The van der Waals surface area contributed by atoms with E-state index in [2.05, 4.69) is 0 Å². The highest BCUT2D eigenvalue weighted by molar-refractivity contribution is 5.49. The molecule has 2 rings (SSSR count). The summed E-state index contributed by atoms with van der Waals surface area (Å²) < 4.78 is 5.27. The van der Waals surface area contributed by atoms with Gasteiger partial charge in [-0.2, -0.15) is 0 Å². The fraction of sp³-hybridized carbons (Fsp3) is 0.455. The van der Waals surface area contributed by atoms with E-state index in [9.17, 15) is 5.11 Å². The van der Waals surface area contributed by atoms with Crippen LogP contribution in [-0.4, -0.2) is 12.2 Å². The van der Waals surface area contributed by atoms with Gasteiger partial charge < -0.3 is 15.6 Å². The quantitative estimate of drug-likeness (QED) is 0.740. The number of methoxy groups -OCH3 is 1. The number of rotatable bonds is 2. The van der Waals surface area contributed by atoms with Gasteiger partial charge in [0, 0.05) is 6.04 Å². The van der Waals surface area contributed by atoms with Gasteiger partial charge in [0.2, 0.25) is 0 Å². The van der Waals surface area contributed by atoms with Crippen molar-refractivity contribution in [1.29, 1.82) is 0 Å². The van der Waals surface area contributed by atoms with Crippen LogP contribution in [0.3, 0.4) is 0 Å². The van der Waals surface area contributed by atoms with Crippen molar-refractivity contribution in [3.05, 3.63) is 28.8 Å². The van der Waals surface area contributed by atoms with Crippen LogP contribution in [0.5, 0.6) is 5.75 Å². The van der Waals surface area contributed by atoms with Crippen molar-refractivity contribution in [1.82, 2.24) is 0 Å². The van der Waals surface area contributed by atoms with Crippen LogP contribution in [0, 0.1) is 0 Å². The van der Waals surface area contributed by atoms with Crippen LogP contribution in [0.2, 0.25) is 0 Å². The van der Waals surface area contributed by atoms with E-state index in [-0.39, 0.29) is 12.6 Å². The smallest absolute Gasteiger partial charge is 0.122 e. The van der Waals surface area contributed by atoms with Crippen LogP contribution in [0.4, 0.5) is 0 Å². The molecule has 1 atom stereocenters. The van der Waals surface area contributed by atoms with E-state index >= 15 is 0 Å². The van der Waals surface area contributed by atoms with Gasteiger partial charge in [-0.05, 0) is 35.6 Å². The maximum atomic E-state index is 9.19. The molecular formula is C11H15NO2. The Morgan fingerprint density at radius 1 is 1.57 bits per heavy atom. The lowest BCUT2D eigenvalue weighted by Gasteiger charge is -2.13. The van der Waals surface area contributed by atoms with Gasteiger partial charge in [0.05, 0.1) is 13.7 Å². The first-order valence-corrected chi connectivity index (χ1v) is 4.83. The number of hydrogen-bond acceptors (Lipinski definition) is 3. The second-order valence-electron chi connectivity index (χ2n) is 3.62. The van der Waals surface area contributed by atoms with Gasteiger partial charge in [-0.15, -0.1) is 0 Å². The minimum atomic E-state index is 0.0556. The number of aliphatic hydroxyl groups excluding tert-OH is 1. The Labute approximate surface area is 83.5 Å². The summed E-state index contributed by atoms with van der Waals surface area (Å²) in [6, 6.07) is 3.85. The van der Waals surface area contributed by atoms with Crippen LogP contribution in [0.15, 0.2) is 12.1 Å². The summed E-state index contributed by atoms with van der Waals surface area (Å²) in [5.41, 5.74) is 9.18. The zero-order chi connectivity index (χ0) is 10.1. The molecule has 76 valence electrons. The Hall–Kier alpha value is -1.06. The maximum Gasteiger partial charge on any atom is 0.122 e.